The van der Waals surface area contributed by atoms with Gasteiger partial charge in [-0.15, -0.1) is 0 Å². The van der Waals surface area contributed by atoms with Gasteiger partial charge < -0.3 is 15.3 Å². The van der Waals surface area contributed by atoms with Crippen LogP contribution in [0.3, 0.4) is 0 Å². The number of carboxylic acid groups (broad SMARTS) is 1. The fourth-order valence-corrected chi connectivity index (χ4v) is 4.89. The number of nitrogens with one attached hydrogen (secondary N) is 1. The molecule has 1 aliphatic carbocycles. The summed E-state index contributed by atoms with van der Waals surface area (Å²) in [5.74, 6) is -0.476. The molecule has 4 unspecified atom stereocenters. The number of carboxylic acids is 1. The molecule has 7 heteroatoms. The van der Waals surface area contributed by atoms with Gasteiger partial charge in [0.1, 0.15) is 6.04 Å². The highest BCUT2D eigenvalue weighted by molar-refractivity contribution is 5.81. The van der Waals surface area contributed by atoms with Gasteiger partial charge in [-0.25, -0.2) is 0 Å². The predicted molar refractivity (Wildman–Crippen MR) is 91.9 cm³/mol. The molecule has 2 aliphatic heterocycles. The van der Waals surface area contributed by atoms with Crippen LogP contribution in [-0.2, 0) is 14.4 Å². The number of carbonyl (C=O) groups excluding carboxylic acids is 2. The van der Waals surface area contributed by atoms with Crippen molar-refractivity contribution in [2.75, 3.05) is 19.6 Å². The van der Waals surface area contributed by atoms with Gasteiger partial charge in [-0.05, 0) is 38.0 Å². The van der Waals surface area contributed by atoms with E-state index in [2.05, 4.69) is 5.32 Å². The molecular weight excluding hydrogens is 322 g/mol. The average Bonchev–Trinajstić information content (AvgIpc) is 2.93. The second-order valence-electron chi connectivity index (χ2n) is 7.75. The summed E-state index contributed by atoms with van der Waals surface area (Å²) < 4.78 is 0. The van der Waals surface area contributed by atoms with Crippen LogP contribution in [0, 0.1) is 5.92 Å². The first-order valence-corrected chi connectivity index (χ1v) is 9.49. The average molecular weight is 351 g/mol. The highest BCUT2D eigenvalue weighted by Crippen LogP contribution is 2.39. The Balaban J connectivity index is 1.63. The first-order chi connectivity index (χ1) is 12.0. The molecular formula is C18H29N3O4. The van der Waals surface area contributed by atoms with Gasteiger partial charge in [0, 0.05) is 32.1 Å². The molecule has 0 aromatic carbocycles. The van der Waals surface area contributed by atoms with Crippen molar-refractivity contribution in [3.8, 4) is 0 Å². The molecule has 3 rings (SSSR count). The number of nitrogens with zero attached hydrogens (tertiary/aromatic N) is 2. The van der Waals surface area contributed by atoms with E-state index in [4.69, 9.17) is 0 Å². The summed E-state index contributed by atoms with van der Waals surface area (Å²) in [7, 11) is 0. The molecule has 2 amide bonds. The third-order valence-corrected chi connectivity index (χ3v) is 6.01. The summed E-state index contributed by atoms with van der Waals surface area (Å²) in [4.78, 5) is 39.5. The van der Waals surface area contributed by atoms with Crippen molar-refractivity contribution in [3.63, 3.8) is 0 Å². The lowest BCUT2D eigenvalue weighted by Gasteiger charge is -2.37. The van der Waals surface area contributed by atoms with E-state index < -0.39 is 12.0 Å². The van der Waals surface area contributed by atoms with Crippen molar-refractivity contribution in [1.29, 1.82) is 0 Å². The molecule has 0 aromatic rings. The van der Waals surface area contributed by atoms with Crippen LogP contribution in [0.2, 0.25) is 0 Å². The molecule has 3 aliphatic rings. The Bertz CT molecular complexity index is 538. The first kappa shape index (κ1) is 18.2. The summed E-state index contributed by atoms with van der Waals surface area (Å²) in [5, 5.41) is 12.5. The summed E-state index contributed by atoms with van der Waals surface area (Å²) in [6, 6.07) is -0.297. The van der Waals surface area contributed by atoms with Crippen LogP contribution in [0.5, 0.6) is 0 Å². The number of fused-ring (bicyclic) bond motifs is 1. The lowest BCUT2D eigenvalue weighted by Crippen LogP contribution is -2.53. The Morgan fingerprint density at radius 1 is 1.12 bits per heavy atom. The molecule has 0 spiro atoms. The smallest absolute Gasteiger partial charge is 0.320 e. The van der Waals surface area contributed by atoms with Crippen molar-refractivity contribution in [2.24, 2.45) is 5.92 Å². The third kappa shape index (κ3) is 4.14. The minimum Gasteiger partial charge on any atom is -0.480 e. The second kappa shape index (κ2) is 7.72. The molecule has 2 heterocycles. The van der Waals surface area contributed by atoms with Crippen molar-refractivity contribution in [1.82, 2.24) is 15.1 Å². The van der Waals surface area contributed by atoms with Crippen LogP contribution in [0.4, 0.5) is 0 Å². The first-order valence-electron chi connectivity index (χ1n) is 9.49. The molecule has 1 saturated carbocycles. The Morgan fingerprint density at radius 2 is 1.88 bits per heavy atom. The Kier molecular flexibility index (Phi) is 5.61. The minimum absolute atomic E-state index is 0.00600. The number of carbonyl (C=O) groups is 3. The van der Waals surface area contributed by atoms with E-state index in [0.29, 0.717) is 25.4 Å². The maximum atomic E-state index is 12.8. The van der Waals surface area contributed by atoms with E-state index in [1.54, 1.807) is 4.90 Å². The molecule has 3 fully saturated rings. The molecule has 0 aromatic heterocycles. The number of aliphatic carboxylic acids is 1. The molecule has 0 bridgehead atoms. The van der Waals surface area contributed by atoms with Gasteiger partial charge in [0.05, 0.1) is 6.54 Å². The SMILES string of the molecule is CC(=O)NC1CCCN(C(=O)CN2C(C(=O)O)CC3CCCCC32)C1. The van der Waals surface area contributed by atoms with Crippen molar-refractivity contribution >= 4 is 17.8 Å². The Labute approximate surface area is 148 Å². The molecule has 7 nitrogen and oxygen atoms in total. The van der Waals surface area contributed by atoms with Crippen molar-refractivity contribution in [3.05, 3.63) is 0 Å². The van der Waals surface area contributed by atoms with Gasteiger partial charge in [-0.1, -0.05) is 12.8 Å². The van der Waals surface area contributed by atoms with Crippen LogP contribution < -0.4 is 5.32 Å². The predicted octanol–water partition coefficient (Wildman–Crippen LogP) is 0.831. The zero-order valence-corrected chi connectivity index (χ0v) is 14.9. The van der Waals surface area contributed by atoms with E-state index in [9.17, 15) is 19.5 Å². The molecule has 140 valence electrons. The van der Waals surface area contributed by atoms with Gasteiger partial charge in [0.25, 0.3) is 0 Å². The standard InChI is InChI=1S/C18H29N3O4/c1-12(22)19-14-6-4-8-20(10-14)17(23)11-21-15-7-3-2-5-13(15)9-16(21)18(24)25/h13-16H,2-11H2,1H3,(H,19,22)(H,24,25). The van der Waals surface area contributed by atoms with Gasteiger partial charge in [-0.3, -0.25) is 19.3 Å². The van der Waals surface area contributed by atoms with E-state index in [0.717, 1.165) is 32.1 Å². The molecule has 4 atom stereocenters. The summed E-state index contributed by atoms with van der Waals surface area (Å²) >= 11 is 0. The van der Waals surface area contributed by atoms with Gasteiger partial charge >= 0.3 is 5.97 Å². The zero-order valence-electron chi connectivity index (χ0n) is 14.9. The van der Waals surface area contributed by atoms with E-state index in [-0.39, 0.29) is 30.4 Å². The number of amides is 2. The number of rotatable bonds is 4. The largest absolute Gasteiger partial charge is 0.480 e. The lowest BCUT2D eigenvalue weighted by molar-refractivity contribution is -0.144. The van der Waals surface area contributed by atoms with Crippen molar-refractivity contribution < 1.29 is 19.5 Å². The summed E-state index contributed by atoms with van der Waals surface area (Å²) in [6.45, 7) is 2.89. The number of likely N-dealkylation sites (tertiary alicyclic amines) is 2. The highest BCUT2D eigenvalue weighted by atomic mass is 16.4. The maximum Gasteiger partial charge on any atom is 0.320 e. The fourth-order valence-electron chi connectivity index (χ4n) is 4.89. The number of hydrogen-bond acceptors (Lipinski definition) is 4. The molecule has 0 radical (unpaired) electrons. The monoisotopic (exact) mass is 351 g/mol. The second-order valence-corrected chi connectivity index (χ2v) is 7.75. The minimum atomic E-state index is -0.808. The van der Waals surface area contributed by atoms with Crippen LogP contribution >= 0.6 is 0 Å². The molecule has 2 saturated heterocycles. The van der Waals surface area contributed by atoms with E-state index >= 15 is 0 Å². The van der Waals surface area contributed by atoms with Crippen LogP contribution in [0.25, 0.3) is 0 Å². The third-order valence-electron chi connectivity index (χ3n) is 6.01. The zero-order chi connectivity index (χ0) is 18.0. The topological polar surface area (TPSA) is 90.0 Å². The van der Waals surface area contributed by atoms with Crippen LogP contribution in [0.15, 0.2) is 0 Å². The van der Waals surface area contributed by atoms with Crippen LogP contribution in [-0.4, -0.2) is 70.4 Å². The number of hydrogen-bond donors (Lipinski definition) is 2. The molecule has 25 heavy (non-hydrogen) atoms. The lowest BCUT2D eigenvalue weighted by atomic mass is 9.85. The van der Waals surface area contributed by atoms with Crippen LogP contribution in [0.1, 0.15) is 51.9 Å². The fraction of sp³-hybridized carbons (Fsp3) is 0.833. The van der Waals surface area contributed by atoms with Gasteiger partial charge in [0.15, 0.2) is 0 Å². The quantitative estimate of drug-likeness (QED) is 0.783. The normalized spacial score (nSPS) is 32.9. The molecule has 2 N–H and O–H groups in total. The van der Waals surface area contributed by atoms with Gasteiger partial charge in [-0.2, -0.15) is 0 Å². The van der Waals surface area contributed by atoms with Crippen molar-refractivity contribution in [2.45, 2.75) is 70.0 Å². The Hall–Kier alpha value is -1.63. The van der Waals surface area contributed by atoms with E-state index in [1.165, 1.54) is 13.3 Å². The van der Waals surface area contributed by atoms with E-state index in [1.807, 2.05) is 4.90 Å². The van der Waals surface area contributed by atoms with Gasteiger partial charge in [0.2, 0.25) is 11.8 Å². The number of piperidine rings is 1. The summed E-state index contributed by atoms with van der Waals surface area (Å²) in [6.07, 6.45) is 6.78. The highest BCUT2D eigenvalue weighted by Gasteiger charge is 2.46. The Morgan fingerprint density at radius 3 is 2.60 bits per heavy atom. The maximum absolute atomic E-state index is 12.8. The summed E-state index contributed by atoms with van der Waals surface area (Å²) in [5.41, 5.74) is 0.